The van der Waals surface area contributed by atoms with Crippen LogP contribution in [0.2, 0.25) is 0 Å². The third kappa shape index (κ3) is 2.90. The normalized spacial score (nSPS) is 12.2. The number of esters is 1. The van der Waals surface area contributed by atoms with E-state index in [1.807, 2.05) is 13.0 Å². The Bertz CT molecular complexity index is 704. The van der Waals surface area contributed by atoms with Gasteiger partial charge in [0.05, 0.1) is 0 Å². The van der Waals surface area contributed by atoms with Crippen LogP contribution in [0, 0.1) is 6.92 Å². The van der Waals surface area contributed by atoms with Crippen LogP contribution in [0.4, 0.5) is 0 Å². The summed E-state index contributed by atoms with van der Waals surface area (Å²) in [4.78, 5) is 25.3. The Morgan fingerprint density at radius 2 is 2.00 bits per heavy atom. The Morgan fingerprint density at radius 1 is 1.19 bits per heavy atom. The molecule has 2 aromatic rings. The van der Waals surface area contributed by atoms with E-state index < -0.39 is 5.97 Å². The Morgan fingerprint density at radius 3 is 2.76 bits per heavy atom. The summed E-state index contributed by atoms with van der Waals surface area (Å²) in [5, 5.41) is 0. The van der Waals surface area contributed by atoms with Crippen molar-refractivity contribution in [3.8, 4) is 11.5 Å². The molecule has 6 heteroatoms. The van der Waals surface area contributed by atoms with Gasteiger partial charge >= 0.3 is 5.97 Å². The molecule has 0 saturated carbocycles. The quantitative estimate of drug-likeness (QED) is 0.642. The number of carbonyl (C=O) groups excluding carboxylic acids is 2. The predicted octanol–water partition coefficient (Wildman–Crippen LogP) is 2.82. The highest BCUT2D eigenvalue weighted by Crippen LogP contribution is 2.32. The van der Waals surface area contributed by atoms with Crippen LogP contribution >= 0.6 is 11.3 Å². The van der Waals surface area contributed by atoms with Crippen molar-refractivity contribution in [2.75, 3.05) is 13.4 Å². The molecule has 1 aliphatic heterocycles. The maximum atomic E-state index is 12.0. The van der Waals surface area contributed by atoms with Crippen LogP contribution in [0.3, 0.4) is 0 Å². The molecule has 0 unspecified atom stereocenters. The summed E-state index contributed by atoms with van der Waals surface area (Å²) in [7, 11) is 0. The maximum absolute atomic E-state index is 12.0. The second-order valence-electron chi connectivity index (χ2n) is 4.48. The Hall–Kier alpha value is -2.34. The van der Waals surface area contributed by atoms with Gasteiger partial charge in [0, 0.05) is 10.4 Å². The van der Waals surface area contributed by atoms with Gasteiger partial charge < -0.3 is 14.2 Å². The number of ether oxygens (including phenoxy) is 3. The first kappa shape index (κ1) is 13.6. The number of rotatable bonds is 4. The van der Waals surface area contributed by atoms with Crippen molar-refractivity contribution in [1.29, 1.82) is 0 Å². The van der Waals surface area contributed by atoms with E-state index in [2.05, 4.69) is 0 Å². The molecular weight excluding hydrogens is 292 g/mol. The van der Waals surface area contributed by atoms with Gasteiger partial charge in [-0.3, -0.25) is 4.79 Å². The van der Waals surface area contributed by atoms with E-state index in [0.29, 0.717) is 21.9 Å². The van der Waals surface area contributed by atoms with Gasteiger partial charge in [-0.1, -0.05) is 0 Å². The molecule has 1 aliphatic rings. The number of ketones is 1. The molecule has 0 amide bonds. The summed E-state index contributed by atoms with van der Waals surface area (Å²) in [6.07, 6.45) is 0. The van der Waals surface area contributed by atoms with Crippen molar-refractivity contribution in [3.63, 3.8) is 0 Å². The van der Waals surface area contributed by atoms with Crippen LogP contribution < -0.4 is 9.47 Å². The highest BCUT2D eigenvalue weighted by molar-refractivity contribution is 7.13. The zero-order chi connectivity index (χ0) is 14.8. The maximum Gasteiger partial charge on any atom is 0.348 e. The molecule has 0 spiro atoms. The highest BCUT2D eigenvalue weighted by Gasteiger charge is 2.18. The average Bonchev–Trinajstić information content (AvgIpc) is 3.12. The van der Waals surface area contributed by atoms with Crippen molar-refractivity contribution in [1.82, 2.24) is 0 Å². The lowest BCUT2D eigenvalue weighted by Gasteiger charge is -2.04. The Labute approximate surface area is 125 Å². The fourth-order valence-corrected chi connectivity index (χ4v) is 2.66. The summed E-state index contributed by atoms with van der Waals surface area (Å²) in [5.41, 5.74) is 0.425. The van der Waals surface area contributed by atoms with E-state index in [4.69, 9.17) is 14.2 Å². The fourth-order valence-electron chi connectivity index (χ4n) is 1.90. The first-order valence-corrected chi connectivity index (χ1v) is 7.11. The molecule has 0 bridgehead atoms. The monoisotopic (exact) mass is 304 g/mol. The summed E-state index contributed by atoms with van der Waals surface area (Å²) in [6, 6.07) is 8.40. The number of thiophene rings is 1. The molecular formula is C15H12O5S. The zero-order valence-electron chi connectivity index (χ0n) is 11.3. The zero-order valence-corrected chi connectivity index (χ0v) is 12.1. The lowest BCUT2D eigenvalue weighted by molar-refractivity contribution is 0.0479. The molecule has 0 radical (unpaired) electrons. The Kier molecular flexibility index (Phi) is 3.62. The molecule has 5 nitrogen and oxygen atoms in total. The van der Waals surface area contributed by atoms with E-state index in [1.54, 1.807) is 24.3 Å². The van der Waals surface area contributed by atoms with Crippen LogP contribution in [0.1, 0.15) is 24.9 Å². The molecule has 108 valence electrons. The molecule has 21 heavy (non-hydrogen) atoms. The van der Waals surface area contributed by atoms with Crippen LogP contribution in [-0.2, 0) is 4.74 Å². The largest absolute Gasteiger partial charge is 0.454 e. The summed E-state index contributed by atoms with van der Waals surface area (Å²) < 4.78 is 15.4. The van der Waals surface area contributed by atoms with Crippen LogP contribution in [0.5, 0.6) is 11.5 Å². The van der Waals surface area contributed by atoms with E-state index in [9.17, 15) is 9.59 Å². The minimum Gasteiger partial charge on any atom is -0.454 e. The smallest absolute Gasteiger partial charge is 0.348 e. The van der Waals surface area contributed by atoms with Gasteiger partial charge in [-0.15, -0.1) is 11.3 Å². The van der Waals surface area contributed by atoms with Gasteiger partial charge in [-0.25, -0.2) is 4.79 Å². The molecule has 3 rings (SSSR count). The molecule has 2 heterocycles. The first-order chi connectivity index (χ1) is 10.1. The van der Waals surface area contributed by atoms with Gasteiger partial charge in [0.15, 0.2) is 23.9 Å². The highest BCUT2D eigenvalue weighted by atomic mass is 32.1. The molecule has 0 N–H and O–H groups in total. The number of hydrogen-bond acceptors (Lipinski definition) is 6. The van der Waals surface area contributed by atoms with Gasteiger partial charge in [-0.2, -0.15) is 0 Å². The van der Waals surface area contributed by atoms with E-state index in [-0.39, 0.29) is 19.2 Å². The third-order valence-electron chi connectivity index (χ3n) is 2.97. The predicted molar refractivity (Wildman–Crippen MR) is 76.2 cm³/mol. The van der Waals surface area contributed by atoms with E-state index in [0.717, 1.165) is 4.88 Å². The number of hydrogen-bond donors (Lipinski definition) is 0. The third-order valence-corrected chi connectivity index (χ3v) is 3.95. The van der Waals surface area contributed by atoms with Crippen molar-refractivity contribution in [2.45, 2.75) is 6.92 Å². The molecule has 1 aromatic carbocycles. The topological polar surface area (TPSA) is 61.8 Å². The van der Waals surface area contributed by atoms with Crippen molar-refractivity contribution in [3.05, 3.63) is 45.6 Å². The molecule has 1 aromatic heterocycles. The van der Waals surface area contributed by atoms with Crippen molar-refractivity contribution in [2.24, 2.45) is 0 Å². The Balaban J connectivity index is 1.63. The first-order valence-electron chi connectivity index (χ1n) is 6.30. The van der Waals surface area contributed by atoms with Gasteiger partial charge in [0.25, 0.3) is 0 Å². The average molecular weight is 304 g/mol. The molecule has 0 fully saturated rings. The lowest BCUT2D eigenvalue weighted by atomic mass is 10.1. The van der Waals surface area contributed by atoms with Crippen LogP contribution in [0.25, 0.3) is 0 Å². The number of fused-ring (bicyclic) bond motifs is 1. The summed E-state index contributed by atoms with van der Waals surface area (Å²) in [6.45, 7) is 1.76. The van der Waals surface area contributed by atoms with Crippen molar-refractivity contribution < 1.29 is 23.8 Å². The second-order valence-corrected chi connectivity index (χ2v) is 5.77. The molecule has 0 aliphatic carbocycles. The lowest BCUT2D eigenvalue weighted by Crippen LogP contribution is -2.13. The van der Waals surface area contributed by atoms with Crippen LogP contribution in [-0.4, -0.2) is 25.2 Å². The summed E-state index contributed by atoms with van der Waals surface area (Å²) in [5.74, 6) is 0.371. The standard InChI is InChI=1S/C15H12O5S/c1-9-2-5-14(21-9)15(17)18-7-11(16)10-3-4-12-13(6-10)20-8-19-12/h2-6H,7-8H2,1H3. The number of benzene rings is 1. The SMILES string of the molecule is Cc1ccc(C(=O)OCC(=O)c2ccc3c(c2)OCO3)s1. The van der Waals surface area contributed by atoms with Gasteiger partial charge in [-0.05, 0) is 37.3 Å². The van der Waals surface area contributed by atoms with Gasteiger partial charge in [0.2, 0.25) is 6.79 Å². The minimum atomic E-state index is -0.484. The minimum absolute atomic E-state index is 0.152. The van der Waals surface area contributed by atoms with Crippen molar-refractivity contribution >= 4 is 23.1 Å². The summed E-state index contributed by atoms with van der Waals surface area (Å²) >= 11 is 1.34. The van der Waals surface area contributed by atoms with E-state index >= 15 is 0 Å². The fraction of sp³-hybridized carbons (Fsp3) is 0.200. The molecule has 0 saturated heterocycles. The van der Waals surface area contributed by atoms with E-state index in [1.165, 1.54) is 11.3 Å². The number of aryl methyl sites for hydroxylation is 1. The second kappa shape index (κ2) is 5.57. The molecule has 0 atom stereocenters. The van der Waals surface area contributed by atoms with Crippen LogP contribution in [0.15, 0.2) is 30.3 Å². The number of Topliss-reactive ketones (excluding diaryl/α,β-unsaturated/α-hetero) is 1. The number of carbonyl (C=O) groups is 2. The van der Waals surface area contributed by atoms with Gasteiger partial charge in [0.1, 0.15) is 4.88 Å².